The summed E-state index contributed by atoms with van der Waals surface area (Å²) in [4.78, 5) is 24.7. The quantitative estimate of drug-likeness (QED) is 0.561. The fourth-order valence-corrected chi connectivity index (χ4v) is 3.58. The van der Waals surface area contributed by atoms with Gasteiger partial charge in [-0.25, -0.2) is 4.79 Å². The van der Waals surface area contributed by atoms with Gasteiger partial charge in [0.05, 0.1) is 17.6 Å². The number of carbonyl (C=O) groups is 2. The molecule has 126 valence electrons. The second-order valence-corrected chi connectivity index (χ2v) is 6.60. The minimum Gasteiger partial charge on any atom is -0.481 e. The third-order valence-corrected chi connectivity index (χ3v) is 4.54. The third-order valence-electron chi connectivity index (χ3n) is 4.54. The highest BCUT2D eigenvalue weighted by Gasteiger charge is 2.46. The molecule has 22 heavy (non-hydrogen) atoms. The van der Waals surface area contributed by atoms with Crippen LogP contribution in [0.5, 0.6) is 0 Å². The maximum Gasteiger partial charge on any atom is 0.335 e. The van der Waals surface area contributed by atoms with E-state index in [1.54, 1.807) is 6.92 Å². The second-order valence-electron chi connectivity index (χ2n) is 6.60. The molecule has 0 aromatic rings. The SMILES string of the molecule is CCOC(=O)C(=C1CCCCC1)C(CC)(CC(C)C)C(=O)O. The van der Waals surface area contributed by atoms with Crippen LogP contribution in [0, 0.1) is 11.3 Å². The van der Waals surface area contributed by atoms with Crippen molar-refractivity contribution in [1.29, 1.82) is 0 Å². The Morgan fingerprint density at radius 2 is 1.77 bits per heavy atom. The Hall–Kier alpha value is -1.32. The summed E-state index contributed by atoms with van der Waals surface area (Å²) in [5.41, 5.74) is 0.333. The summed E-state index contributed by atoms with van der Waals surface area (Å²) in [6.45, 7) is 7.90. The zero-order valence-corrected chi connectivity index (χ0v) is 14.4. The highest BCUT2D eigenvalue weighted by atomic mass is 16.5. The monoisotopic (exact) mass is 310 g/mol. The molecule has 0 radical (unpaired) electrons. The van der Waals surface area contributed by atoms with Gasteiger partial charge in [-0.05, 0) is 51.4 Å². The molecule has 0 amide bonds. The van der Waals surface area contributed by atoms with E-state index in [-0.39, 0.29) is 12.5 Å². The van der Waals surface area contributed by atoms with E-state index in [4.69, 9.17) is 4.74 Å². The number of allylic oxidation sites excluding steroid dienone is 1. The first-order chi connectivity index (χ1) is 10.4. The molecule has 1 saturated carbocycles. The second kappa shape index (κ2) is 8.35. The zero-order chi connectivity index (χ0) is 16.8. The lowest BCUT2D eigenvalue weighted by molar-refractivity contribution is -0.152. The molecule has 1 atom stereocenters. The van der Waals surface area contributed by atoms with Crippen LogP contribution in [0.4, 0.5) is 0 Å². The molecule has 1 N–H and O–H groups in total. The number of ether oxygens (including phenoxy) is 1. The van der Waals surface area contributed by atoms with E-state index >= 15 is 0 Å². The number of rotatable bonds is 7. The predicted octanol–water partition coefficient (Wildman–Crippen LogP) is 4.34. The van der Waals surface area contributed by atoms with Gasteiger partial charge in [0.1, 0.15) is 0 Å². The summed E-state index contributed by atoms with van der Waals surface area (Å²) >= 11 is 0. The van der Waals surface area contributed by atoms with Crippen LogP contribution in [0.15, 0.2) is 11.1 Å². The van der Waals surface area contributed by atoms with Crippen molar-refractivity contribution >= 4 is 11.9 Å². The summed E-state index contributed by atoms with van der Waals surface area (Å²) in [5.74, 6) is -1.13. The van der Waals surface area contributed by atoms with Crippen molar-refractivity contribution < 1.29 is 19.4 Å². The molecule has 0 spiro atoms. The fourth-order valence-electron chi connectivity index (χ4n) is 3.58. The lowest BCUT2D eigenvalue weighted by Gasteiger charge is -2.34. The molecule has 0 saturated heterocycles. The molecule has 1 rings (SSSR count). The van der Waals surface area contributed by atoms with Crippen molar-refractivity contribution in [3.63, 3.8) is 0 Å². The highest BCUT2D eigenvalue weighted by Crippen LogP contribution is 2.43. The van der Waals surface area contributed by atoms with Crippen LogP contribution in [0.25, 0.3) is 0 Å². The summed E-state index contributed by atoms with van der Waals surface area (Å²) in [5, 5.41) is 9.95. The first kappa shape index (κ1) is 18.7. The molecule has 1 aliphatic carbocycles. The van der Waals surface area contributed by atoms with Crippen molar-refractivity contribution in [3.8, 4) is 0 Å². The molecular weight excluding hydrogens is 280 g/mol. The topological polar surface area (TPSA) is 63.6 Å². The molecule has 0 aliphatic heterocycles. The number of hydrogen-bond acceptors (Lipinski definition) is 3. The Labute approximate surface area is 133 Å². The van der Waals surface area contributed by atoms with Crippen LogP contribution < -0.4 is 0 Å². The van der Waals surface area contributed by atoms with Gasteiger partial charge in [-0.15, -0.1) is 0 Å². The molecule has 1 aliphatic rings. The largest absolute Gasteiger partial charge is 0.481 e. The summed E-state index contributed by atoms with van der Waals surface area (Å²) in [6, 6.07) is 0. The van der Waals surface area contributed by atoms with Crippen molar-refractivity contribution in [2.24, 2.45) is 11.3 Å². The van der Waals surface area contributed by atoms with Crippen LogP contribution in [0.2, 0.25) is 0 Å². The number of carboxylic acid groups (broad SMARTS) is 1. The van der Waals surface area contributed by atoms with E-state index in [1.165, 1.54) is 0 Å². The van der Waals surface area contributed by atoms with E-state index in [0.717, 1.165) is 37.7 Å². The van der Waals surface area contributed by atoms with Crippen LogP contribution >= 0.6 is 0 Å². The van der Waals surface area contributed by atoms with Gasteiger partial charge >= 0.3 is 11.9 Å². The van der Waals surface area contributed by atoms with Gasteiger partial charge < -0.3 is 9.84 Å². The predicted molar refractivity (Wildman–Crippen MR) is 86.6 cm³/mol. The minimum atomic E-state index is -1.12. The summed E-state index contributed by atoms with van der Waals surface area (Å²) in [7, 11) is 0. The van der Waals surface area contributed by atoms with Gasteiger partial charge in [0, 0.05) is 0 Å². The van der Waals surface area contributed by atoms with E-state index in [2.05, 4.69) is 0 Å². The Kier molecular flexibility index (Phi) is 7.11. The standard InChI is InChI=1S/C18H30O4/c1-5-18(17(20)21,12-13(3)4)15(16(19)22-6-2)14-10-8-7-9-11-14/h13H,5-12H2,1-4H3,(H,20,21). The third kappa shape index (κ3) is 4.11. The van der Waals surface area contributed by atoms with E-state index in [0.29, 0.717) is 18.4 Å². The molecule has 4 heteroatoms. The first-order valence-corrected chi connectivity index (χ1v) is 8.52. The Morgan fingerprint density at radius 1 is 1.18 bits per heavy atom. The Bertz CT molecular complexity index is 428. The smallest absolute Gasteiger partial charge is 0.335 e. The van der Waals surface area contributed by atoms with E-state index in [9.17, 15) is 14.7 Å². The molecule has 1 unspecified atom stereocenters. The first-order valence-electron chi connectivity index (χ1n) is 8.52. The van der Waals surface area contributed by atoms with Gasteiger partial charge in [-0.3, -0.25) is 4.79 Å². The van der Waals surface area contributed by atoms with Gasteiger partial charge in [0.25, 0.3) is 0 Å². The molecule has 0 heterocycles. The van der Waals surface area contributed by atoms with Crippen molar-refractivity contribution in [2.45, 2.75) is 72.6 Å². The van der Waals surface area contributed by atoms with Gasteiger partial charge in [0.2, 0.25) is 0 Å². The van der Waals surface area contributed by atoms with Crippen LogP contribution in [-0.4, -0.2) is 23.7 Å². The Balaban J connectivity index is 3.42. The lowest BCUT2D eigenvalue weighted by Crippen LogP contribution is -2.39. The van der Waals surface area contributed by atoms with Crippen LogP contribution in [0.3, 0.4) is 0 Å². The summed E-state index contributed by atoms with van der Waals surface area (Å²) in [6.07, 6.45) is 5.73. The van der Waals surface area contributed by atoms with Gasteiger partial charge in [-0.1, -0.05) is 32.8 Å². The number of esters is 1. The zero-order valence-electron chi connectivity index (χ0n) is 14.4. The van der Waals surface area contributed by atoms with Gasteiger partial charge in [-0.2, -0.15) is 0 Å². The van der Waals surface area contributed by atoms with E-state index in [1.807, 2.05) is 20.8 Å². The molecule has 4 nitrogen and oxygen atoms in total. The number of hydrogen-bond donors (Lipinski definition) is 1. The number of carbonyl (C=O) groups excluding carboxylic acids is 1. The lowest BCUT2D eigenvalue weighted by atomic mass is 9.68. The normalized spacial score (nSPS) is 18.0. The minimum absolute atomic E-state index is 0.199. The molecule has 0 aromatic carbocycles. The highest BCUT2D eigenvalue weighted by molar-refractivity contribution is 5.98. The molecule has 0 bridgehead atoms. The molecular formula is C18H30O4. The molecule has 0 aromatic heterocycles. The maximum absolute atomic E-state index is 12.6. The van der Waals surface area contributed by atoms with Crippen LogP contribution in [-0.2, 0) is 14.3 Å². The van der Waals surface area contributed by atoms with Crippen molar-refractivity contribution in [1.82, 2.24) is 0 Å². The number of carboxylic acids is 1. The Morgan fingerprint density at radius 3 is 2.18 bits per heavy atom. The molecule has 1 fully saturated rings. The fraction of sp³-hybridized carbons (Fsp3) is 0.778. The average Bonchev–Trinajstić information content (AvgIpc) is 2.47. The summed E-state index contributed by atoms with van der Waals surface area (Å²) < 4.78 is 5.24. The van der Waals surface area contributed by atoms with E-state index < -0.39 is 17.4 Å². The van der Waals surface area contributed by atoms with Gasteiger partial charge in [0.15, 0.2) is 0 Å². The van der Waals surface area contributed by atoms with Crippen LogP contribution in [0.1, 0.15) is 72.6 Å². The van der Waals surface area contributed by atoms with Crippen molar-refractivity contribution in [3.05, 3.63) is 11.1 Å². The number of aliphatic carboxylic acids is 1. The average molecular weight is 310 g/mol. The maximum atomic E-state index is 12.6. The van der Waals surface area contributed by atoms with Crippen molar-refractivity contribution in [2.75, 3.05) is 6.61 Å².